The predicted octanol–water partition coefficient (Wildman–Crippen LogP) is 4.65. The lowest BCUT2D eigenvalue weighted by Crippen LogP contribution is -2.35. The van der Waals surface area contributed by atoms with E-state index in [-0.39, 0.29) is 34.2 Å². The Kier molecular flexibility index (Phi) is 4.96. The van der Waals surface area contributed by atoms with Crippen LogP contribution in [-0.2, 0) is 12.8 Å². The van der Waals surface area contributed by atoms with Crippen LogP contribution in [0.15, 0.2) is 54.6 Å². The van der Waals surface area contributed by atoms with Crippen LogP contribution in [-0.4, -0.2) is 16.9 Å². The molecular formula is C21H16ClF2N3O. The highest BCUT2D eigenvalue weighted by Crippen LogP contribution is 2.23. The maximum absolute atomic E-state index is 13.4. The summed E-state index contributed by atoms with van der Waals surface area (Å²) in [7, 11) is 0. The van der Waals surface area contributed by atoms with Crippen LogP contribution in [0.5, 0.6) is 0 Å². The number of carbonyl (C=O) groups is 1. The Bertz CT molecular complexity index is 1010. The van der Waals surface area contributed by atoms with E-state index < -0.39 is 11.6 Å². The predicted molar refractivity (Wildman–Crippen MR) is 104 cm³/mol. The lowest BCUT2D eigenvalue weighted by atomic mass is 10.1. The fraction of sp³-hybridized carbons (Fsp3) is 0.143. The molecule has 0 aliphatic heterocycles. The Morgan fingerprint density at radius 2 is 1.64 bits per heavy atom. The van der Waals surface area contributed by atoms with Crippen molar-refractivity contribution >= 4 is 29.0 Å². The summed E-state index contributed by atoms with van der Waals surface area (Å²) >= 11 is 6.10. The Balaban J connectivity index is 1.50. The molecule has 1 aliphatic rings. The third-order valence-electron chi connectivity index (χ3n) is 4.54. The van der Waals surface area contributed by atoms with Crippen molar-refractivity contribution in [2.24, 2.45) is 0 Å². The second-order valence-corrected chi connectivity index (χ2v) is 7.12. The number of hydrogen-bond donors (Lipinski definition) is 2. The highest BCUT2D eigenvalue weighted by molar-refractivity contribution is 6.31. The molecule has 0 saturated carbocycles. The first-order valence-electron chi connectivity index (χ1n) is 8.74. The molecule has 0 bridgehead atoms. The van der Waals surface area contributed by atoms with Crippen LogP contribution >= 0.6 is 11.6 Å². The van der Waals surface area contributed by atoms with Crippen LogP contribution in [0.25, 0.3) is 0 Å². The van der Waals surface area contributed by atoms with Crippen molar-refractivity contribution in [1.82, 2.24) is 10.3 Å². The van der Waals surface area contributed by atoms with Gasteiger partial charge in [0.05, 0.1) is 0 Å². The van der Waals surface area contributed by atoms with E-state index in [2.05, 4.69) is 27.8 Å². The van der Waals surface area contributed by atoms with E-state index >= 15 is 0 Å². The zero-order valence-electron chi connectivity index (χ0n) is 14.7. The molecule has 0 saturated heterocycles. The highest BCUT2D eigenvalue weighted by Gasteiger charge is 2.23. The van der Waals surface area contributed by atoms with Gasteiger partial charge in [-0.3, -0.25) is 4.79 Å². The van der Waals surface area contributed by atoms with Crippen LogP contribution in [0, 0.1) is 11.6 Å². The number of amides is 1. The van der Waals surface area contributed by atoms with Crippen LogP contribution < -0.4 is 10.6 Å². The summed E-state index contributed by atoms with van der Waals surface area (Å²) in [6, 6.07) is 14.0. The quantitative estimate of drug-likeness (QED) is 0.671. The summed E-state index contributed by atoms with van der Waals surface area (Å²) in [4.78, 5) is 16.9. The molecule has 1 aliphatic carbocycles. The topological polar surface area (TPSA) is 54.0 Å². The largest absolute Gasteiger partial charge is 0.347 e. The van der Waals surface area contributed by atoms with Crippen molar-refractivity contribution < 1.29 is 13.6 Å². The SMILES string of the molecule is O=C(NC1Cc2ccccc2C1)c1cc(Cl)cc(Nc2cc(F)cc(F)c2)n1. The summed E-state index contributed by atoms with van der Waals surface area (Å²) in [5.74, 6) is -1.57. The minimum Gasteiger partial charge on any atom is -0.347 e. The lowest BCUT2D eigenvalue weighted by molar-refractivity contribution is 0.0933. The summed E-state index contributed by atoms with van der Waals surface area (Å²) in [5, 5.41) is 6.03. The summed E-state index contributed by atoms with van der Waals surface area (Å²) in [6.07, 6.45) is 1.52. The lowest BCUT2D eigenvalue weighted by Gasteiger charge is -2.13. The molecule has 0 spiro atoms. The molecule has 1 aromatic heterocycles. The van der Waals surface area contributed by atoms with Crippen molar-refractivity contribution in [2.45, 2.75) is 18.9 Å². The van der Waals surface area contributed by atoms with E-state index in [1.54, 1.807) is 0 Å². The van der Waals surface area contributed by atoms with Gasteiger partial charge in [0.15, 0.2) is 0 Å². The van der Waals surface area contributed by atoms with E-state index in [4.69, 9.17) is 11.6 Å². The van der Waals surface area contributed by atoms with Crippen molar-refractivity contribution in [1.29, 1.82) is 0 Å². The van der Waals surface area contributed by atoms with Crippen molar-refractivity contribution in [3.8, 4) is 0 Å². The molecule has 2 aromatic carbocycles. The monoisotopic (exact) mass is 399 g/mol. The minimum atomic E-state index is -0.719. The van der Waals surface area contributed by atoms with Gasteiger partial charge in [0.2, 0.25) is 0 Å². The van der Waals surface area contributed by atoms with Gasteiger partial charge in [-0.05, 0) is 48.2 Å². The molecule has 1 heterocycles. The van der Waals surface area contributed by atoms with Crippen LogP contribution in [0.2, 0.25) is 5.02 Å². The average molecular weight is 400 g/mol. The van der Waals surface area contributed by atoms with Gasteiger partial charge in [0.1, 0.15) is 23.1 Å². The molecule has 7 heteroatoms. The van der Waals surface area contributed by atoms with Gasteiger partial charge in [0.25, 0.3) is 5.91 Å². The van der Waals surface area contributed by atoms with E-state index in [9.17, 15) is 13.6 Å². The third kappa shape index (κ3) is 4.12. The van der Waals surface area contributed by atoms with Gasteiger partial charge >= 0.3 is 0 Å². The molecule has 1 amide bonds. The third-order valence-corrected chi connectivity index (χ3v) is 4.76. The van der Waals surface area contributed by atoms with Gasteiger partial charge in [0, 0.05) is 22.8 Å². The molecule has 4 rings (SSSR count). The molecule has 142 valence electrons. The van der Waals surface area contributed by atoms with E-state index in [0.29, 0.717) is 0 Å². The number of hydrogen-bond acceptors (Lipinski definition) is 3. The van der Waals surface area contributed by atoms with Crippen LogP contribution in [0.3, 0.4) is 0 Å². The molecule has 0 unspecified atom stereocenters. The number of aromatic nitrogens is 1. The van der Waals surface area contributed by atoms with Gasteiger partial charge in [-0.2, -0.15) is 0 Å². The summed E-state index contributed by atoms with van der Waals surface area (Å²) in [6.45, 7) is 0. The second-order valence-electron chi connectivity index (χ2n) is 6.69. The molecular weight excluding hydrogens is 384 g/mol. The molecule has 0 atom stereocenters. The number of pyridine rings is 1. The molecule has 0 fully saturated rings. The first-order valence-corrected chi connectivity index (χ1v) is 9.12. The van der Waals surface area contributed by atoms with E-state index in [1.165, 1.54) is 23.3 Å². The number of fused-ring (bicyclic) bond motifs is 1. The zero-order valence-corrected chi connectivity index (χ0v) is 15.4. The summed E-state index contributed by atoms with van der Waals surface area (Å²) in [5.41, 5.74) is 2.75. The van der Waals surface area contributed by atoms with Crippen molar-refractivity contribution in [3.05, 3.63) is 88.1 Å². The highest BCUT2D eigenvalue weighted by atomic mass is 35.5. The number of benzene rings is 2. The number of rotatable bonds is 4. The molecule has 0 radical (unpaired) electrons. The van der Waals surface area contributed by atoms with Gasteiger partial charge < -0.3 is 10.6 Å². The maximum atomic E-state index is 13.4. The van der Waals surface area contributed by atoms with Gasteiger partial charge in [-0.25, -0.2) is 13.8 Å². The minimum absolute atomic E-state index is 0.0144. The number of anilines is 2. The standard InChI is InChI=1S/C21H16ClF2N3O/c22-14-7-19(21(28)26-17-5-12-3-1-2-4-13(12)6-17)27-20(8-14)25-18-10-15(23)9-16(24)11-18/h1-4,7-11,17H,5-6H2,(H,25,27)(H,26,28). The Morgan fingerprint density at radius 3 is 2.29 bits per heavy atom. The van der Waals surface area contributed by atoms with E-state index in [0.717, 1.165) is 31.0 Å². The van der Waals surface area contributed by atoms with E-state index in [1.807, 2.05) is 12.1 Å². The number of nitrogens with zero attached hydrogens (tertiary/aromatic N) is 1. The van der Waals surface area contributed by atoms with Gasteiger partial charge in [-0.1, -0.05) is 35.9 Å². The smallest absolute Gasteiger partial charge is 0.270 e. The summed E-state index contributed by atoms with van der Waals surface area (Å²) < 4.78 is 26.7. The fourth-order valence-electron chi connectivity index (χ4n) is 3.37. The maximum Gasteiger partial charge on any atom is 0.270 e. The molecule has 28 heavy (non-hydrogen) atoms. The second kappa shape index (κ2) is 7.56. The number of carbonyl (C=O) groups excluding carboxylic acids is 1. The fourth-order valence-corrected chi connectivity index (χ4v) is 3.58. The first-order chi connectivity index (χ1) is 13.5. The Hall–Kier alpha value is -2.99. The average Bonchev–Trinajstić information content (AvgIpc) is 3.02. The number of nitrogens with one attached hydrogen (secondary N) is 2. The zero-order chi connectivity index (χ0) is 19.7. The van der Waals surface area contributed by atoms with Crippen molar-refractivity contribution in [3.63, 3.8) is 0 Å². The Labute approximate surface area is 165 Å². The molecule has 2 N–H and O–H groups in total. The van der Waals surface area contributed by atoms with Crippen LogP contribution in [0.1, 0.15) is 21.6 Å². The normalized spacial score (nSPS) is 13.2. The van der Waals surface area contributed by atoms with Crippen LogP contribution in [0.4, 0.5) is 20.3 Å². The van der Waals surface area contributed by atoms with Crippen molar-refractivity contribution in [2.75, 3.05) is 5.32 Å². The Morgan fingerprint density at radius 1 is 1.00 bits per heavy atom. The molecule has 4 nitrogen and oxygen atoms in total. The first kappa shape index (κ1) is 18.4. The van der Waals surface area contributed by atoms with Gasteiger partial charge in [-0.15, -0.1) is 0 Å². The number of halogens is 3. The molecule has 3 aromatic rings.